The van der Waals surface area contributed by atoms with Gasteiger partial charge in [-0.05, 0) is 31.4 Å². The highest BCUT2D eigenvalue weighted by Gasteiger charge is 2.27. The summed E-state index contributed by atoms with van der Waals surface area (Å²) in [6, 6.07) is 7.77. The molecule has 23 heavy (non-hydrogen) atoms. The summed E-state index contributed by atoms with van der Waals surface area (Å²) in [5, 5.41) is 9.31. The molecule has 1 saturated heterocycles. The lowest BCUT2D eigenvalue weighted by Gasteiger charge is -2.33. The van der Waals surface area contributed by atoms with Gasteiger partial charge in [-0.1, -0.05) is 12.1 Å². The molecule has 1 fully saturated rings. The maximum atomic E-state index is 11.3. The molecule has 2 heterocycles. The molecule has 0 spiro atoms. The van der Waals surface area contributed by atoms with E-state index in [4.69, 9.17) is 4.74 Å². The quantitative estimate of drug-likeness (QED) is 0.908. The highest BCUT2D eigenvalue weighted by atomic mass is 16.5. The summed E-state index contributed by atoms with van der Waals surface area (Å²) >= 11 is 0. The minimum atomic E-state index is -0.839. The smallest absolute Gasteiger partial charge is 0.407 e. The number of benzene rings is 1. The number of amides is 1. The first-order chi connectivity index (χ1) is 11.2. The number of aromatic nitrogens is 2. The number of ether oxygens (including phenoxy) is 1. The second-order valence-electron chi connectivity index (χ2n) is 5.81. The average molecular weight is 315 g/mol. The number of rotatable bonds is 4. The molecular formula is C17H21N3O3. The second kappa shape index (κ2) is 6.73. The van der Waals surface area contributed by atoms with Gasteiger partial charge in [-0.3, -0.25) is 0 Å². The molecule has 6 nitrogen and oxygen atoms in total. The van der Waals surface area contributed by atoms with Crippen molar-refractivity contribution in [3.8, 4) is 17.0 Å². The Labute approximate surface area is 135 Å². The number of imidazole rings is 1. The van der Waals surface area contributed by atoms with Crippen molar-refractivity contribution >= 4 is 6.09 Å². The summed E-state index contributed by atoms with van der Waals surface area (Å²) in [4.78, 5) is 20.6. The van der Waals surface area contributed by atoms with Crippen LogP contribution >= 0.6 is 0 Å². The van der Waals surface area contributed by atoms with Crippen LogP contribution in [0.1, 0.15) is 25.1 Å². The lowest BCUT2D eigenvalue weighted by Crippen LogP contribution is -2.44. The first kappa shape index (κ1) is 15.4. The number of hydrogen-bond donors (Lipinski definition) is 2. The molecule has 122 valence electrons. The molecule has 1 aromatic carbocycles. The molecule has 1 aliphatic rings. The van der Waals surface area contributed by atoms with Crippen LogP contribution in [-0.2, 0) is 6.42 Å². The van der Waals surface area contributed by atoms with Gasteiger partial charge in [0.05, 0.1) is 19.0 Å². The van der Waals surface area contributed by atoms with Crippen molar-refractivity contribution in [2.45, 2.75) is 31.7 Å². The van der Waals surface area contributed by atoms with Crippen LogP contribution < -0.4 is 4.74 Å². The second-order valence-corrected chi connectivity index (χ2v) is 5.81. The summed E-state index contributed by atoms with van der Waals surface area (Å²) in [5.74, 6) is 1.61. The molecule has 2 N–H and O–H groups in total. The lowest BCUT2D eigenvalue weighted by atomic mass is 10.00. The SMILES string of the molecule is COc1cccc(-c2cnc(CC3CCCCN3C(=O)O)[nH]2)c1. The van der Waals surface area contributed by atoms with Crippen molar-refractivity contribution in [3.63, 3.8) is 0 Å². The minimum Gasteiger partial charge on any atom is -0.497 e. The number of piperidine rings is 1. The van der Waals surface area contributed by atoms with Gasteiger partial charge in [0, 0.05) is 24.6 Å². The molecule has 0 aliphatic carbocycles. The van der Waals surface area contributed by atoms with Crippen LogP contribution in [0.5, 0.6) is 5.75 Å². The van der Waals surface area contributed by atoms with E-state index in [1.165, 1.54) is 4.90 Å². The van der Waals surface area contributed by atoms with Crippen LogP contribution in [0.15, 0.2) is 30.5 Å². The molecule has 2 aromatic rings. The number of aromatic amines is 1. The van der Waals surface area contributed by atoms with Crippen LogP contribution in [0.25, 0.3) is 11.3 Å². The van der Waals surface area contributed by atoms with Gasteiger partial charge in [-0.25, -0.2) is 9.78 Å². The number of methoxy groups -OCH3 is 1. The molecule has 0 saturated carbocycles. The number of hydrogen-bond acceptors (Lipinski definition) is 3. The average Bonchev–Trinajstić information content (AvgIpc) is 3.04. The van der Waals surface area contributed by atoms with E-state index >= 15 is 0 Å². The van der Waals surface area contributed by atoms with Crippen LogP contribution in [0.2, 0.25) is 0 Å². The van der Waals surface area contributed by atoms with E-state index in [9.17, 15) is 9.90 Å². The van der Waals surface area contributed by atoms with Crippen molar-refractivity contribution in [3.05, 3.63) is 36.3 Å². The largest absolute Gasteiger partial charge is 0.497 e. The molecule has 0 radical (unpaired) electrons. The third-order valence-corrected chi connectivity index (χ3v) is 4.31. The standard InChI is InChI=1S/C17H21N3O3/c1-23-14-7-4-5-12(9-14)15-11-18-16(19-15)10-13-6-2-3-8-20(13)17(21)22/h4-5,7,9,11,13H,2-3,6,8,10H2,1H3,(H,18,19)(H,21,22). The number of nitrogens with zero attached hydrogens (tertiary/aromatic N) is 2. The fourth-order valence-electron chi connectivity index (χ4n) is 3.09. The maximum Gasteiger partial charge on any atom is 0.407 e. The predicted molar refractivity (Wildman–Crippen MR) is 86.6 cm³/mol. The summed E-state index contributed by atoms with van der Waals surface area (Å²) in [7, 11) is 1.64. The Hall–Kier alpha value is -2.50. The molecule has 1 atom stereocenters. The van der Waals surface area contributed by atoms with Gasteiger partial charge in [0.15, 0.2) is 0 Å². The van der Waals surface area contributed by atoms with E-state index in [1.54, 1.807) is 13.3 Å². The molecule has 1 unspecified atom stereocenters. The maximum absolute atomic E-state index is 11.3. The Kier molecular flexibility index (Phi) is 4.50. The summed E-state index contributed by atoms with van der Waals surface area (Å²) in [5.41, 5.74) is 1.92. The van der Waals surface area contributed by atoms with Gasteiger partial charge >= 0.3 is 6.09 Å². The number of likely N-dealkylation sites (tertiary alicyclic amines) is 1. The topological polar surface area (TPSA) is 78.4 Å². The van der Waals surface area contributed by atoms with Gasteiger partial charge < -0.3 is 19.7 Å². The third kappa shape index (κ3) is 3.47. The van der Waals surface area contributed by atoms with Crippen LogP contribution in [0, 0.1) is 0 Å². The number of nitrogens with one attached hydrogen (secondary N) is 1. The Morgan fingerprint density at radius 2 is 2.35 bits per heavy atom. The normalized spacial score (nSPS) is 18.0. The molecule has 1 amide bonds. The van der Waals surface area contributed by atoms with E-state index < -0.39 is 6.09 Å². The van der Waals surface area contributed by atoms with Gasteiger partial charge in [-0.2, -0.15) is 0 Å². The lowest BCUT2D eigenvalue weighted by molar-refractivity contribution is 0.106. The Morgan fingerprint density at radius 3 is 3.13 bits per heavy atom. The molecule has 0 bridgehead atoms. The van der Waals surface area contributed by atoms with E-state index in [-0.39, 0.29) is 6.04 Å². The molecule has 1 aliphatic heterocycles. The highest BCUT2D eigenvalue weighted by molar-refractivity contribution is 5.65. The van der Waals surface area contributed by atoms with Crippen molar-refractivity contribution in [2.24, 2.45) is 0 Å². The molecular weight excluding hydrogens is 294 g/mol. The number of carbonyl (C=O) groups is 1. The zero-order chi connectivity index (χ0) is 16.2. The molecule has 1 aromatic heterocycles. The van der Waals surface area contributed by atoms with E-state index in [2.05, 4.69) is 9.97 Å². The van der Waals surface area contributed by atoms with E-state index in [1.807, 2.05) is 24.3 Å². The fourth-order valence-corrected chi connectivity index (χ4v) is 3.09. The van der Waals surface area contributed by atoms with Crippen LogP contribution in [0.4, 0.5) is 4.79 Å². The van der Waals surface area contributed by atoms with Crippen molar-refractivity contribution < 1.29 is 14.6 Å². The fraction of sp³-hybridized carbons (Fsp3) is 0.412. The van der Waals surface area contributed by atoms with Gasteiger partial charge in [-0.15, -0.1) is 0 Å². The minimum absolute atomic E-state index is 0.00515. The summed E-state index contributed by atoms with van der Waals surface area (Å²) in [6.45, 7) is 0.615. The summed E-state index contributed by atoms with van der Waals surface area (Å²) in [6.07, 6.45) is 4.47. The van der Waals surface area contributed by atoms with Crippen molar-refractivity contribution in [2.75, 3.05) is 13.7 Å². The summed E-state index contributed by atoms with van der Waals surface area (Å²) < 4.78 is 5.24. The molecule has 6 heteroatoms. The van der Waals surface area contributed by atoms with Crippen LogP contribution in [-0.4, -0.2) is 45.8 Å². The van der Waals surface area contributed by atoms with Crippen LogP contribution in [0.3, 0.4) is 0 Å². The molecule has 3 rings (SSSR count). The highest BCUT2D eigenvalue weighted by Crippen LogP contribution is 2.24. The van der Waals surface area contributed by atoms with Gasteiger partial charge in [0.25, 0.3) is 0 Å². The Balaban J connectivity index is 1.75. The number of carboxylic acid groups (broad SMARTS) is 1. The van der Waals surface area contributed by atoms with Crippen molar-refractivity contribution in [1.82, 2.24) is 14.9 Å². The Bertz CT molecular complexity index is 683. The predicted octanol–water partition coefficient (Wildman–Crippen LogP) is 3.16. The Morgan fingerprint density at radius 1 is 1.48 bits per heavy atom. The zero-order valence-corrected chi connectivity index (χ0v) is 13.2. The first-order valence-corrected chi connectivity index (χ1v) is 7.85. The monoisotopic (exact) mass is 315 g/mol. The number of H-pyrrole nitrogens is 1. The third-order valence-electron chi connectivity index (χ3n) is 4.31. The van der Waals surface area contributed by atoms with Crippen molar-refractivity contribution in [1.29, 1.82) is 0 Å². The van der Waals surface area contributed by atoms with Gasteiger partial charge in [0.1, 0.15) is 11.6 Å². The first-order valence-electron chi connectivity index (χ1n) is 7.85. The van der Waals surface area contributed by atoms with E-state index in [0.717, 1.165) is 42.1 Å². The van der Waals surface area contributed by atoms with E-state index in [0.29, 0.717) is 13.0 Å². The zero-order valence-electron chi connectivity index (χ0n) is 13.2. The van der Waals surface area contributed by atoms with Gasteiger partial charge in [0.2, 0.25) is 0 Å².